The van der Waals surface area contributed by atoms with E-state index in [1.165, 1.54) is 0 Å². The number of halogens is 2. The fourth-order valence-corrected chi connectivity index (χ4v) is 2.39. The molecule has 0 unspecified atom stereocenters. The van der Waals surface area contributed by atoms with Gasteiger partial charge >= 0.3 is 0 Å². The van der Waals surface area contributed by atoms with E-state index in [0.29, 0.717) is 28.0 Å². The predicted molar refractivity (Wildman–Crippen MR) is 81.2 cm³/mol. The van der Waals surface area contributed by atoms with Gasteiger partial charge in [0.15, 0.2) is 0 Å². The topological polar surface area (TPSA) is 58.3 Å². The van der Waals surface area contributed by atoms with Crippen molar-refractivity contribution >= 4 is 34.6 Å². The van der Waals surface area contributed by atoms with Crippen LogP contribution in [0.4, 0.5) is 11.4 Å². The normalized spacial score (nSPS) is 10.4. The maximum atomic E-state index is 9.20. The van der Waals surface area contributed by atoms with E-state index < -0.39 is 0 Å². The third-order valence-electron chi connectivity index (χ3n) is 2.72. The zero-order chi connectivity index (χ0) is 13.8. The van der Waals surface area contributed by atoms with Crippen molar-refractivity contribution < 1.29 is 5.11 Å². The van der Waals surface area contributed by atoms with Gasteiger partial charge in [0.05, 0.1) is 15.7 Å². The summed E-state index contributed by atoms with van der Waals surface area (Å²) < 4.78 is 0. The summed E-state index contributed by atoms with van der Waals surface area (Å²) in [6, 6.07) is 10.4. The minimum absolute atomic E-state index is 0.265. The molecule has 2 aromatic carbocycles. The van der Waals surface area contributed by atoms with Crippen LogP contribution in [0.3, 0.4) is 0 Å². The zero-order valence-electron chi connectivity index (χ0n) is 10.2. The Morgan fingerprint density at radius 1 is 1.05 bits per heavy atom. The van der Waals surface area contributed by atoms with Gasteiger partial charge in [0.1, 0.15) is 5.75 Å². The van der Waals surface area contributed by atoms with Crippen molar-refractivity contribution in [2.45, 2.75) is 6.42 Å². The lowest BCUT2D eigenvalue weighted by Crippen LogP contribution is -2.06. The van der Waals surface area contributed by atoms with E-state index in [4.69, 9.17) is 28.9 Å². The maximum absolute atomic E-state index is 9.20. The molecular formula is C14H14Cl2N2O. The lowest BCUT2D eigenvalue weighted by Gasteiger charge is -2.11. The van der Waals surface area contributed by atoms with Gasteiger partial charge in [0.2, 0.25) is 0 Å². The molecule has 0 spiro atoms. The van der Waals surface area contributed by atoms with Crippen LogP contribution in [0, 0.1) is 0 Å². The highest BCUT2D eigenvalue weighted by Crippen LogP contribution is 2.32. The molecule has 0 amide bonds. The third kappa shape index (κ3) is 3.69. The van der Waals surface area contributed by atoms with Gasteiger partial charge in [-0.3, -0.25) is 0 Å². The van der Waals surface area contributed by atoms with Crippen molar-refractivity contribution in [3.8, 4) is 5.75 Å². The number of rotatable bonds is 4. The maximum Gasteiger partial charge on any atom is 0.115 e. The van der Waals surface area contributed by atoms with E-state index in [-0.39, 0.29) is 5.75 Å². The summed E-state index contributed by atoms with van der Waals surface area (Å²) in [6.45, 7) is 0.689. The SMILES string of the molecule is Nc1cc(Cl)c(NCCc2ccc(O)cc2)c(Cl)c1. The molecule has 2 aromatic rings. The van der Waals surface area contributed by atoms with E-state index in [0.717, 1.165) is 12.0 Å². The Morgan fingerprint density at radius 3 is 2.21 bits per heavy atom. The zero-order valence-corrected chi connectivity index (χ0v) is 11.7. The van der Waals surface area contributed by atoms with Crippen LogP contribution in [0.5, 0.6) is 5.75 Å². The van der Waals surface area contributed by atoms with Gasteiger partial charge in [-0.2, -0.15) is 0 Å². The lowest BCUT2D eigenvalue weighted by atomic mass is 10.1. The van der Waals surface area contributed by atoms with Crippen LogP contribution in [-0.4, -0.2) is 11.7 Å². The molecule has 4 N–H and O–H groups in total. The van der Waals surface area contributed by atoms with Crippen LogP contribution in [0.1, 0.15) is 5.56 Å². The second kappa shape index (κ2) is 6.04. The summed E-state index contributed by atoms with van der Waals surface area (Å²) in [5.41, 5.74) is 7.99. The molecule has 0 fully saturated rings. The second-order valence-electron chi connectivity index (χ2n) is 4.20. The number of nitrogens with one attached hydrogen (secondary N) is 1. The van der Waals surface area contributed by atoms with Crippen molar-refractivity contribution in [1.82, 2.24) is 0 Å². The Balaban J connectivity index is 1.98. The summed E-state index contributed by atoms with van der Waals surface area (Å²) >= 11 is 12.2. The molecule has 0 radical (unpaired) electrons. The minimum Gasteiger partial charge on any atom is -0.508 e. The summed E-state index contributed by atoms with van der Waals surface area (Å²) in [4.78, 5) is 0. The summed E-state index contributed by atoms with van der Waals surface area (Å²) in [5, 5.41) is 13.4. The molecule has 0 aliphatic rings. The standard InChI is InChI=1S/C14H14Cl2N2O/c15-12-7-10(17)8-13(16)14(12)18-6-5-9-1-3-11(19)4-2-9/h1-4,7-8,18-19H,5-6,17H2. The third-order valence-corrected chi connectivity index (χ3v) is 3.31. The molecule has 19 heavy (non-hydrogen) atoms. The number of aromatic hydroxyl groups is 1. The highest BCUT2D eigenvalue weighted by Gasteiger charge is 2.06. The first-order valence-corrected chi connectivity index (χ1v) is 6.58. The second-order valence-corrected chi connectivity index (χ2v) is 5.02. The van der Waals surface area contributed by atoms with E-state index in [2.05, 4.69) is 5.32 Å². The van der Waals surface area contributed by atoms with E-state index in [1.54, 1.807) is 24.3 Å². The molecule has 0 heterocycles. The molecule has 0 bridgehead atoms. The highest BCUT2D eigenvalue weighted by molar-refractivity contribution is 6.39. The van der Waals surface area contributed by atoms with E-state index in [1.807, 2.05) is 12.1 Å². The number of nitrogen functional groups attached to an aromatic ring is 1. The monoisotopic (exact) mass is 296 g/mol. The van der Waals surface area contributed by atoms with Gasteiger partial charge in [-0.05, 0) is 36.2 Å². The van der Waals surface area contributed by atoms with Gasteiger partial charge in [0.25, 0.3) is 0 Å². The van der Waals surface area contributed by atoms with Gasteiger partial charge < -0.3 is 16.2 Å². The molecule has 5 heteroatoms. The molecule has 0 aliphatic heterocycles. The number of phenolic OH excluding ortho intramolecular Hbond substituents is 1. The van der Waals surface area contributed by atoms with Gasteiger partial charge in [-0.15, -0.1) is 0 Å². The van der Waals surface area contributed by atoms with Crippen molar-refractivity contribution in [2.24, 2.45) is 0 Å². The molecule has 0 atom stereocenters. The molecule has 0 saturated carbocycles. The predicted octanol–water partition coefficient (Wildman–Crippen LogP) is 3.94. The Labute approximate surface area is 122 Å². The number of phenols is 1. The Kier molecular flexibility index (Phi) is 4.40. The number of anilines is 2. The fourth-order valence-electron chi connectivity index (χ4n) is 1.76. The summed E-state index contributed by atoms with van der Waals surface area (Å²) in [7, 11) is 0. The van der Waals surface area contributed by atoms with Crippen molar-refractivity contribution in [3.63, 3.8) is 0 Å². The van der Waals surface area contributed by atoms with Crippen LogP contribution in [0.15, 0.2) is 36.4 Å². The van der Waals surface area contributed by atoms with Crippen LogP contribution in [0.2, 0.25) is 10.0 Å². The van der Waals surface area contributed by atoms with Crippen LogP contribution >= 0.6 is 23.2 Å². The van der Waals surface area contributed by atoms with Gasteiger partial charge in [0, 0.05) is 12.2 Å². The highest BCUT2D eigenvalue weighted by atomic mass is 35.5. The number of hydrogen-bond acceptors (Lipinski definition) is 3. The average Bonchev–Trinajstić information content (AvgIpc) is 2.34. The Morgan fingerprint density at radius 2 is 1.63 bits per heavy atom. The summed E-state index contributed by atoms with van der Waals surface area (Å²) in [6.07, 6.45) is 0.803. The van der Waals surface area contributed by atoms with E-state index in [9.17, 15) is 5.11 Å². The molecule has 100 valence electrons. The number of nitrogens with two attached hydrogens (primary N) is 1. The molecular weight excluding hydrogens is 283 g/mol. The summed E-state index contributed by atoms with van der Waals surface area (Å²) in [5.74, 6) is 0.265. The molecule has 0 aromatic heterocycles. The fraction of sp³-hybridized carbons (Fsp3) is 0.143. The first-order valence-electron chi connectivity index (χ1n) is 5.82. The number of benzene rings is 2. The van der Waals surface area contributed by atoms with E-state index >= 15 is 0 Å². The van der Waals surface area contributed by atoms with Crippen molar-refractivity contribution in [2.75, 3.05) is 17.6 Å². The van der Waals surface area contributed by atoms with Crippen LogP contribution < -0.4 is 11.1 Å². The first-order chi connectivity index (χ1) is 9.06. The quantitative estimate of drug-likeness (QED) is 0.749. The Hall–Kier alpha value is -1.58. The smallest absolute Gasteiger partial charge is 0.115 e. The van der Waals surface area contributed by atoms with Gasteiger partial charge in [-0.25, -0.2) is 0 Å². The first kappa shape index (κ1) is 13.8. The molecule has 2 rings (SSSR count). The largest absolute Gasteiger partial charge is 0.508 e. The molecule has 0 aliphatic carbocycles. The molecule has 0 saturated heterocycles. The van der Waals surface area contributed by atoms with Crippen LogP contribution in [-0.2, 0) is 6.42 Å². The van der Waals surface area contributed by atoms with Crippen molar-refractivity contribution in [3.05, 3.63) is 52.0 Å². The van der Waals surface area contributed by atoms with Crippen molar-refractivity contribution in [1.29, 1.82) is 0 Å². The lowest BCUT2D eigenvalue weighted by molar-refractivity contribution is 0.475. The van der Waals surface area contributed by atoms with Crippen LogP contribution in [0.25, 0.3) is 0 Å². The minimum atomic E-state index is 0.265. The number of hydrogen-bond donors (Lipinski definition) is 3. The molecule has 3 nitrogen and oxygen atoms in total. The average molecular weight is 297 g/mol. The Bertz CT molecular complexity index is 547. The van der Waals surface area contributed by atoms with Gasteiger partial charge in [-0.1, -0.05) is 35.3 Å².